The Kier molecular flexibility index (Phi) is 5.34. The highest BCUT2D eigenvalue weighted by Gasteiger charge is 2.42. The van der Waals surface area contributed by atoms with Crippen LogP contribution in [0, 0.1) is 5.41 Å². The Hall–Kier alpha value is -3.97. The average Bonchev–Trinajstić information content (AvgIpc) is 3.64. The molecule has 35 heavy (non-hydrogen) atoms. The highest BCUT2D eigenvalue weighted by Crippen LogP contribution is 2.37. The molecular formula is C28H27N5O2. The molecular weight excluding hydrogens is 438 g/mol. The Morgan fingerprint density at radius 1 is 1.06 bits per heavy atom. The molecule has 2 aromatic carbocycles. The van der Waals surface area contributed by atoms with E-state index in [0.29, 0.717) is 22.6 Å². The summed E-state index contributed by atoms with van der Waals surface area (Å²) >= 11 is 0. The van der Waals surface area contributed by atoms with Gasteiger partial charge in [0.05, 0.1) is 22.3 Å². The third kappa shape index (κ3) is 4.08. The van der Waals surface area contributed by atoms with Crippen LogP contribution < -0.4 is 5.32 Å². The summed E-state index contributed by atoms with van der Waals surface area (Å²) in [6.07, 6.45) is 6.06. The Morgan fingerprint density at radius 3 is 2.66 bits per heavy atom. The molecule has 4 aromatic rings. The van der Waals surface area contributed by atoms with Gasteiger partial charge in [-0.1, -0.05) is 36.4 Å². The molecule has 3 N–H and O–H groups in total. The Bertz CT molecular complexity index is 1400. The predicted octanol–water partition coefficient (Wildman–Crippen LogP) is 4.33. The van der Waals surface area contributed by atoms with Gasteiger partial charge in [0.2, 0.25) is 0 Å². The first kappa shape index (κ1) is 21.6. The molecule has 2 aliphatic heterocycles. The van der Waals surface area contributed by atoms with Crippen molar-refractivity contribution in [2.45, 2.75) is 12.8 Å². The fraction of sp³-hybridized carbons (Fsp3) is 0.250. The smallest absolute Gasteiger partial charge is 0.254 e. The number of rotatable bonds is 4. The van der Waals surface area contributed by atoms with Gasteiger partial charge in [0.1, 0.15) is 5.75 Å². The Morgan fingerprint density at radius 2 is 1.89 bits per heavy atom. The summed E-state index contributed by atoms with van der Waals surface area (Å²) in [7, 11) is 0. The van der Waals surface area contributed by atoms with Gasteiger partial charge in [0.25, 0.3) is 5.91 Å². The minimum atomic E-state index is 0.0111. The van der Waals surface area contributed by atoms with Gasteiger partial charge in [-0.2, -0.15) is 5.10 Å². The van der Waals surface area contributed by atoms with Gasteiger partial charge >= 0.3 is 0 Å². The summed E-state index contributed by atoms with van der Waals surface area (Å²) in [6, 6.07) is 18.7. The number of hydrogen-bond donors (Lipinski definition) is 3. The fourth-order valence-corrected chi connectivity index (χ4v) is 5.29. The molecule has 176 valence electrons. The Balaban J connectivity index is 1.44. The number of phenols is 1. The molecule has 2 aromatic heterocycles. The first-order chi connectivity index (χ1) is 17.1. The quantitative estimate of drug-likeness (QED) is 0.417. The lowest BCUT2D eigenvalue weighted by Gasteiger charge is -2.23. The maximum atomic E-state index is 13.9. The number of benzene rings is 2. The van der Waals surface area contributed by atoms with Crippen molar-refractivity contribution in [1.82, 2.24) is 25.4 Å². The third-order valence-corrected chi connectivity index (χ3v) is 7.24. The van der Waals surface area contributed by atoms with Crippen LogP contribution in [0.1, 0.15) is 34.5 Å². The maximum absolute atomic E-state index is 13.9. The van der Waals surface area contributed by atoms with E-state index in [9.17, 15) is 9.90 Å². The summed E-state index contributed by atoms with van der Waals surface area (Å²) in [5, 5.41) is 21.4. The normalized spacial score (nSPS) is 19.9. The average molecular weight is 466 g/mol. The van der Waals surface area contributed by atoms with Crippen LogP contribution in [0.25, 0.3) is 34.4 Å². The lowest BCUT2D eigenvalue weighted by Crippen LogP contribution is -2.33. The van der Waals surface area contributed by atoms with E-state index in [-0.39, 0.29) is 17.1 Å². The van der Waals surface area contributed by atoms with Crippen molar-refractivity contribution in [2.75, 3.05) is 26.2 Å². The highest BCUT2D eigenvalue weighted by molar-refractivity contribution is 6.09. The van der Waals surface area contributed by atoms with E-state index in [4.69, 9.17) is 4.98 Å². The second-order valence-corrected chi connectivity index (χ2v) is 9.58. The van der Waals surface area contributed by atoms with Gasteiger partial charge in [0, 0.05) is 30.6 Å². The second-order valence-electron chi connectivity index (χ2n) is 9.58. The van der Waals surface area contributed by atoms with E-state index in [1.807, 2.05) is 53.5 Å². The first-order valence-electron chi connectivity index (χ1n) is 12.0. The van der Waals surface area contributed by atoms with Crippen LogP contribution in [0.15, 0.2) is 60.7 Å². The van der Waals surface area contributed by atoms with E-state index in [2.05, 4.69) is 15.5 Å². The van der Waals surface area contributed by atoms with Crippen molar-refractivity contribution in [3.05, 3.63) is 77.5 Å². The molecule has 2 aliphatic rings. The number of nitrogens with one attached hydrogen (secondary N) is 2. The number of carbonyl (C=O) groups is 1. The number of hydrogen-bond acceptors (Lipinski definition) is 5. The SMILES string of the molecule is O=C(c1cc(-c2ccc(O)cc2)nc2[nH]nc(/C=C/c3ccccc3)c12)N1CCC2(CCNC2)C1. The monoisotopic (exact) mass is 465 g/mol. The lowest BCUT2D eigenvalue weighted by molar-refractivity contribution is 0.0777. The third-order valence-electron chi connectivity index (χ3n) is 7.24. The molecule has 7 nitrogen and oxygen atoms in total. The fourth-order valence-electron chi connectivity index (χ4n) is 5.29. The summed E-state index contributed by atoms with van der Waals surface area (Å²) in [4.78, 5) is 20.7. The molecule has 0 aliphatic carbocycles. The number of carbonyl (C=O) groups excluding carboxylic acids is 1. The minimum Gasteiger partial charge on any atom is -0.508 e. The zero-order valence-electron chi connectivity index (χ0n) is 19.4. The number of fused-ring (bicyclic) bond motifs is 1. The van der Waals surface area contributed by atoms with E-state index in [1.165, 1.54) is 0 Å². The molecule has 2 fully saturated rings. The molecule has 4 heterocycles. The lowest BCUT2D eigenvalue weighted by atomic mass is 9.86. The van der Waals surface area contributed by atoms with Crippen molar-refractivity contribution >= 4 is 29.1 Å². The standard InChI is InChI=1S/C28H27N5O2/c34-21-9-7-20(8-10-21)24-16-22(27(35)33-15-13-28(18-33)12-14-29-17-28)25-23(31-32-26(25)30-24)11-6-19-4-2-1-3-5-19/h1-11,16,29,34H,12-15,17-18H2,(H,30,31,32)/b11-6+. The molecule has 1 spiro atoms. The van der Waals surface area contributed by atoms with Gasteiger partial charge in [-0.25, -0.2) is 4.98 Å². The summed E-state index contributed by atoms with van der Waals surface area (Å²) in [5.41, 5.74) is 4.60. The molecule has 0 bridgehead atoms. The van der Waals surface area contributed by atoms with Gasteiger partial charge in [-0.05, 0) is 61.4 Å². The molecule has 6 rings (SSSR count). The summed E-state index contributed by atoms with van der Waals surface area (Å²) in [5.74, 6) is 0.200. The van der Waals surface area contributed by atoms with E-state index >= 15 is 0 Å². The van der Waals surface area contributed by atoms with Crippen LogP contribution in [-0.4, -0.2) is 57.3 Å². The van der Waals surface area contributed by atoms with Crippen molar-refractivity contribution in [1.29, 1.82) is 0 Å². The Labute approximate surface area is 203 Å². The summed E-state index contributed by atoms with van der Waals surface area (Å²) < 4.78 is 0. The van der Waals surface area contributed by atoms with Crippen LogP contribution in [0.5, 0.6) is 5.75 Å². The number of aromatic nitrogens is 3. The molecule has 0 radical (unpaired) electrons. The van der Waals surface area contributed by atoms with Gasteiger partial charge in [-0.3, -0.25) is 9.89 Å². The second kappa shape index (κ2) is 8.67. The predicted molar refractivity (Wildman–Crippen MR) is 137 cm³/mol. The molecule has 0 saturated carbocycles. The van der Waals surface area contributed by atoms with Gasteiger partial charge in [0.15, 0.2) is 5.65 Å². The molecule has 2 saturated heterocycles. The molecule has 7 heteroatoms. The first-order valence-corrected chi connectivity index (χ1v) is 12.0. The van der Waals surface area contributed by atoms with Crippen LogP contribution in [-0.2, 0) is 0 Å². The van der Waals surface area contributed by atoms with Crippen LogP contribution in [0.2, 0.25) is 0 Å². The number of nitrogens with zero attached hydrogens (tertiary/aromatic N) is 3. The van der Waals surface area contributed by atoms with Crippen molar-refractivity contribution in [3.8, 4) is 17.0 Å². The van der Waals surface area contributed by atoms with Crippen molar-refractivity contribution in [3.63, 3.8) is 0 Å². The minimum absolute atomic E-state index is 0.0111. The number of aromatic amines is 1. The number of phenolic OH excluding ortho intramolecular Hbond substituents is 1. The molecule has 1 atom stereocenters. The van der Waals surface area contributed by atoms with Crippen LogP contribution >= 0.6 is 0 Å². The number of pyridine rings is 1. The van der Waals surface area contributed by atoms with Gasteiger partial charge in [-0.15, -0.1) is 0 Å². The van der Waals surface area contributed by atoms with Crippen LogP contribution in [0.3, 0.4) is 0 Å². The molecule has 1 unspecified atom stereocenters. The zero-order valence-corrected chi connectivity index (χ0v) is 19.4. The number of amides is 1. The largest absolute Gasteiger partial charge is 0.508 e. The van der Waals surface area contributed by atoms with E-state index < -0.39 is 0 Å². The van der Waals surface area contributed by atoms with Crippen molar-refractivity contribution < 1.29 is 9.90 Å². The topological polar surface area (TPSA) is 94.1 Å². The number of aromatic hydroxyl groups is 1. The summed E-state index contributed by atoms with van der Waals surface area (Å²) in [6.45, 7) is 3.51. The van der Waals surface area contributed by atoms with Crippen molar-refractivity contribution in [2.24, 2.45) is 5.41 Å². The van der Waals surface area contributed by atoms with Gasteiger partial charge < -0.3 is 15.3 Å². The number of likely N-dealkylation sites (tertiary alicyclic amines) is 1. The van der Waals surface area contributed by atoms with Crippen LogP contribution in [0.4, 0.5) is 0 Å². The highest BCUT2D eigenvalue weighted by atomic mass is 16.3. The van der Waals surface area contributed by atoms with E-state index in [1.54, 1.807) is 24.3 Å². The molecule has 1 amide bonds. The van der Waals surface area contributed by atoms with E-state index in [0.717, 1.165) is 55.5 Å². The maximum Gasteiger partial charge on any atom is 0.254 e. The number of H-pyrrole nitrogens is 1. The zero-order chi connectivity index (χ0) is 23.8.